The Morgan fingerprint density at radius 1 is 1.04 bits per heavy atom. The third-order valence-electron chi connectivity index (χ3n) is 3.91. The molecule has 1 heterocycles. The first kappa shape index (κ1) is 17.3. The monoisotopic (exact) mass is 350 g/mol. The summed E-state index contributed by atoms with van der Waals surface area (Å²) in [6.45, 7) is 1.91. The van der Waals surface area contributed by atoms with Crippen molar-refractivity contribution in [2.45, 2.75) is 6.92 Å². The number of nitrogens with one attached hydrogen (secondary N) is 1. The van der Waals surface area contributed by atoms with E-state index in [2.05, 4.69) is 10.3 Å². The van der Waals surface area contributed by atoms with Crippen LogP contribution < -0.4 is 5.32 Å². The molecule has 3 rings (SSSR count). The minimum atomic E-state index is -1.11. The van der Waals surface area contributed by atoms with Gasteiger partial charge in [0.1, 0.15) is 11.6 Å². The second-order valence-electron chi connectivity index (χ2n) is 5.70. The van der Waals surface area contributed by atoms with Gasteiger partial charge in [0, 0.05) is 6.20 Å². The van der Waals surface area contributed by atoms with Crippen molar-refractivity contribution in [1.29, 1.82) is 0 Å². The Balaban J connectivity index is 1.95. The number of hydrogen-bond acceptors (Lipinski definition) is 3. The zero-order valence-corrected chi connectivity index (χ0v) is 13.9. The van der Waals surface area contributed by atoms with Crippen molar-refractivity contribution in [1.82, 2.24) is 4.98 Å². The lowest BCUT2D eigenvalue weighted by Gasteiger charge is -2.12. The summed E-state index contributed by atoms with van der Waals surface area (Å²) >= 11 is 0. The molecule has 26 heavy (non-hydrogen) atoms. The number of rotatable bonds is 4. The predicted molar refractivity (Wildman–Crippen MR) is 95.7 cm³/mol. The third-order valence-corrected chi connectivity index (χ3v) is 3.91. The topological polar surface area (TPSA) is 79.3 Å². The lowest BCUT2D eigenvalue weighted by molar-refractivity contribution is 0.0696. The number of aromatic carboxylic acids is 1. The van der Waals surface area contributed by atoms with E-state index in [1.165, 1.54) is 24.3 Å². The third kappa shape index (κ3) is 3.59. The number of aryl methyl sites for hydroxylation is 1. The van der Waals surface area contributed by atoms with E-state index in [-0.39, 0.29) is 16.9 Å². The second-order valence-corrected chi connectivity index (χ2v) is 5.70. The molecule has 0 atom stereocenters. The first-order valence-corrected chi connectivity index (χ1v) is 7.82. The Kier molecular flexibility index (Phi) is 4.75. The van der Waals surface area contributed by atoms with E-state index in [0.717, 1.165) is 17.3 Å². The summed E-state index contributed by atoms with van der Waals surface area (Å²) < 4.78 is 13.7. The highest BCUT2D eigenvalue weighted by molar-refractivity contribution is 6.08. The van der Waals surface area contributed by atoms with Crippen LogP contribution in [0.4, 0.5) is 10.2 Å². The van der Waals surface area contributed by atoms with Gasteiger partial charge >= 0.3 is 5.97 Å². The minimum absolute atomic E-state index is 0.00866. The van der Waals surface area contributed by atoms with Crippen molar-refractivity contribution in [3.63, 3.8) is 0 Å². The molecule has 1 aromatic heterocycles. The van der Waals surface area contributed by atoms with E-state index in [1.807, 2.05) is 31.2 Å². The minimum Gasteiger partial charge on any atom is -0.478 e. The van der Waals surface area contributed by atoms with Crippen LogP contribution in [-0.2, 0) is 0 Å². The van der Waals surface area contributed by atoms with Gasteiger partial charge in [0.2, 0.25) is 0 Å². The van der Waals surface area contributed by atoms with Gasteiger partial charge in [0.15, 0.2) is 0 Å². The Morgan fingerprint density at radius 3 is 2.46 bits per heavy atom. The SMILES string of the molecule is Cc1ccccc1-c1ccc(F)cc1C(=O)Nc1ccc(C(=O)O)cn1. The molecule has 0 saturated heterocycles. The fourth-order valence-corrected chi connectivity index (χ4v) is 2.59. The van der Waals surface area contributed by atoms with E-state index in [9.17, 15) is 14.0 Å². The fourth-order valence-electron chi connectivity index (χ4n) is 2.59. The van der Waals surface area contributed by atoms with E-state index in [4.69, 9.17) is 5.11 Å². The highest BCUT2D eigenvalue weighted by atomic mass is 19.1. The molecule has 6 heteroatoms. The summed E-state index contributed by atoms with van der Waals surface area (Å²) in [4.78, 5) is 27.4. The molecule has 0 saturated carbocycles. The zero-order chi connectivity index (χ0) is 18.7. The van der Waals surface area contributed by atoms with Gasteiger partial charge in [-0.1, -0.05) is 30.3 Å². The van der Waals surface area contributed by atoms with Crippen LogP contribution in [0.3, 0.4) is 0 Å². The van der Waals surface area contributed by atoms with Gasteiger partial charge in [-0.2, -0.15) is 0 Å². The smallest absolute Gasteiger partial charge is 0.337 e. The van der Waals surface area contributed by atoms with E-state index < -0.39 is 17.7 Å². The number of carbonyl (C=O) groups excluding carboxylic acids is 1. The van der Waals surface area contributed by atoms with Crippen molar-refractivity contribution < 1.29 is 19.1 Å². The predicted octanol–water partition coefficient (Wildman–Crippen LogP) is 4.15. The number of amides is 1. The van der Waals surface area contributed by atoms with Gasteiger partial charge in [-0.05, 0) is 47.9 Å². The fraction of sp³-hybridized carbons (Fsp3) is 0.0500. The number of benzene rings is 2. The quantitative estimate of drug-likeness (QED) is 0.741. The molecule has 5 nitrogen and oxygen atoms in total. The molecule has 2 aromatic carbocycles. The summed E-state index contributed by atoms with van der Waals surface area (Å²) in [5.74, 6) is -1.98. The zero-order valence-electron chi connectivity index (χ0n) is 13.9. The number of aromatic nitrogens is 1. The van der Waals surface area contributed by atoms with Gasteiger partial charge in [-0.25, -0.2) is 14.2 Å². The standard InChI is InChI=1S/C20H15FN2O3/c1-12-4-2-3-5-15(12)16-8-7-14(21)10-17(16)19(24)23-18-9-6-13(11-22-18)20(25)26/h2-11H,1H3,(H,25,26)(H,22,23,24). The van der Waals surface area contributed by atoms with Gasteiger partial charge < -0.3 is 10.4 Å². The van der Waals surface area contributed by atoms with Crippen molar-refractivity contribution in [3.05, 3.63) is 83.3 Å². The summed E-state index contributed by atoms with van der Waals surface area (Å²) in [5.41, 5.74) is 2.56. The van der Waals surface area contributed by atoms with Gasteiger partial charge in [-0.15, -0.1) is 0 Å². The summed E-state index contributed by atoms with van der Waals surface area (Å²) in [7, 11) is 0. The lowest BCUT2D eigenvalue weighted by Crippen LogP contribution is -2.15. The number of pyridine rings is 1. The highest BCUT2D eigenvalue weighted by Gasteiger charge is 2.16. The van der Waals surface area contributed by atoms with Crippen LogP contribution in [0.1, 0.15) is 26.3 Å². The second kappa shape index (κ2) is 7.14. The summed E-state index contributed by atoms with van der Waals surface area (Å²) in [6.07, 6.45) is 1.14. The largest absolute Gasteiger partial charge is 0.478 e. The van der Waals surface area contributed by atoms with Gasteiger partial charge in [0.05, 0.1) is 11.1 Å². The Hall–Kier alpha value is -3.54. The number of carboxylic acid groups (broad SMARTS) is 1. The van der Waals surface area contributed by atoms with E-state index >= 15 is 0 Å². The maximum atomic E-state index is 13.7. The number of carboxylic acids is 1. The van der Waals surface area contributed by atoms with Crippen LogP contribution in [-0.4, -0.2) is 22.0 Å². The van der Waals surface area contributed by atoms with Gasteiger partial charge in [0.25, 0.3) is 5.91 Å². The molecule has 2 N–H and O–H groups in total. The molecule has 0 aliphatic heterocycles. The van der Waals surface area contributed by atoms with Crippen molar-refractivity contribution in [2.75, 3.05) is 5.32 Å². The molecule has 0 fully saturated rings. The average Bonchev–Trinajstić information content (AvgIpc) is 2.63. The van der Waals surface area contributed by atoms with Crippen LogP contribution >= 0.6 is 0 Å². The Morgan fingerprint density at radius 2 is 1.81 bits per heavy atom. The Labute approximate surface area is 149 Å². The van der Waals surface area contributed by atoms with E-state index in [1.54, 1.807) is 6.07 Å². The van der Waals surface area contributed by atoms with Crippen LogP contribution in [0, 0.1) is 12.7 Å². The number of hydrogen-bond donors (Lipinski definition) is 2. The molecular weight excluding hydrogens is 335 g/mol. The average molecular weight is 350 g/mol. The molecule has 0 bridgehead atoms. The van der Waals surface area contributed by atoms with Crippen molar-refractivity contribution >= 4 is 17.7 Å². The van der Waals surface area contributed by atoms with Crippen molar-refractivity contribution in [3.8, 4) is 11.1 Å². The lowest BCUT2D eigenvalue weighted by atomic mass is 9.95. The Bertz CT molecular complexity index is 985. The maximum absolute atomic E-state index is 13.7. The summed E-state index contributed by atoms with van der Waals surface area (Å²) in [5, 5.41) is 11.5. The molecular formula is C20H15FN2O3. The molecule has 0 unspecified atom stereocenters. The number of carbonyl (C=O) groups is 2. The molecule has 130 valence electrons. The molecule has 0 radical (unpaired) electrons. The van der Waals surface area contributed by atoms with Crippen LogP contribution in [0.2, 0.25) is 0 Å². The molecule has 3 aromatic rings. The first-order valence-electron chi connectivity index (χ1n) is 7.82. The van der Waals surface area contributed by atoms with Gasteiger partial charge in [-0.3, -0.25) is 4.79 Å². The van der Waals surface area contributed by atoms with Crippen LogP contribution in [0.5, 0.6) is 0 Å². The van der Waals surface area contributed by atoms with Crippen LogP contribution in [0.25, 0.3) is 11.1 Å². The number of halogens is 1. The normalized spacial score (nSPS) is 10.4. The molecule has 0 spiro atoms. The number of anilines is 1. The molecule has 1 amide bonds. The first-order chi connectivity index (χ1) is 12.5. The van der Waals surface area contributed by atoms with E-state index in [0.29, 0.717) is 5.56 Å². The molecule has 0 aliphatic carbocycles. The highest BCUT2D eigenvalue weighted by Crippen LogP contribution is 2.28. The summed E-state index contributed by atoms with van der Waals surface area (Å²) in [6, 6.07) is 14.3. The maximum Gasteiger partial charge on any atom is 0.337 e. The number of nitrogens with zero attached hydrogens (tertiary/aromatic N) is 1. The van der Waals surface area contributed by atoms with Crippen molar-refractivity contribution in [2.24, 2.45) is 0 Å². The van der Waals surface area contributed by atoms with Crippen LogP contribution in [0.15, 0.2) is 60.8 Å². The molecule has 0 aliphatic rings.